The zero-order chi connectivity index (χ0) is 15.2. The Hall–Kier alpha value is -1.33. The van der Waals surface area contributed by atoms with Crippen LogP contribution >= 0.6 is 0 Å². The Morgan fingerprint density at radius 3 is 2.71 bits per heavy atom. The summed E-state index contributed by atoms with van der Waals surface area (Å²) < 4.78 is 4.69. The Morgan fingerprint density at radius 1 is 1.38 bits per heavy atom. The lowest BCUT2D eigenvalue weighted by atomic mass is 10.0. The number of nitrogens with one attached hydrogen (secondary N) is 2. The summed E-state index contributed by atoms with van der Waals surface area (Å²) in [5, 5.41) is 3.51. The van der Waals surface area contributed by atoms with Crippen LogP contribution in [0.15, 0.2) is 12.1 Å². The van der Waals surface area contributed by atoms with E-state index >= 15 is 0 Å². The molecule has 0 saturated carbocycles. The van der Waals surface area contributed by atoms with E-state index in [-0.39, 0.29) is 5.97 Å². The van der Waals surface area contributed by atoms with Gasteiger partial charge >= 0.3 is 5.97 Å². The smallest absolute Gasteiger partial charge is 0.354 e. The van der Waals surface area contributed by atoms with Crippen molar-refractivity contribution in [2.75, 3.05) is 26.7 Å². The van der Waals surface area contributed by atoms with Crippen LogP contribution in [-0.4, -0.2) is 48.6 Å². The quantitative estimate of drug-likeness (QED) is 0.755. The largest absolute Gasteiger partial charge is 0.464 e. The van der Waals surface area contributed by atoms with E-state index in [9.17, 15) is 4.79 Å². The number of aromatic nitrogens is 1. The zero-order valence-corrected chi connectivity index (χ0v) is 13.3. The van der Waals surface area contributed by atoms with E-state index in [0.717, 1.165) is 18.8 Å². The number of nitrogens with zero attached hydrogens (tertiary/aromatic N) is 1. The predicted octanol–water partition coefficient (Wildman–Crippen LogP) is 2.01. The molecule has 1 aliphatic heterocycles. The number of carbonyl (C=O) groups excluding carboxylic acids is 1. The lowest BCUT2D eigenvalue weighted by Gasteiger charge is -2.31. The van der Waals surface area contributed by atoms with Crippen molar-refractivity contribution in [1.82, 2.24) is 15.2 Å². The molecule has 0 amide bonds. The van der Waals surface area contributed by atoms with Crippen LogP contribution in [0.1, 0.15) is 42.9 Å². The number of H-pyrrole nitrogens is 1. The van der Waals surface area contributed by atoms with Crippen LogP contribution in [0.25, 0.3) is 0 Å². The molecule has 1 aromatic heterocycles. The first kappa shape index (κ1) is 16.0. The molecule has 1 fully saturated rings. The highest BCUT2D eigenvalue weighted by atomic mass is 16.5. The summed E-state index contributed by atoms with van der Waals surface area (Å²) in [5.41, 5.74) is 1.52. The summed E-state index contributed by atoms with van der Waals surface area (Å²) in [6, 6.07) is 4.28. The van der Waals surface area contributed by atoms with Gasteiger partial charge in [-0.3, -0.25) is 4.90 Å². The van der Waals surface area contributed by atoms with Crippen molar-refractivity contribution < 1.29 is 9.53 Å². The molecule has 1 aliphatic rings. The summed E-state index contributed by atoms with van der Waals surface area (Å²) in [7, 11) is 1.39. The first-order valence-electron chi connectivity index (χ1n) is 7.82. The summed E-state index contributed by atoms with van der Waals surface area (Å²) >= 11 is 0. The molecule has 0 aliphatic carbocycles. The van der Waals surface area contributed by atoms with Gasteiger partial charge in [-0.15, -0.1) is 0 Å². The van der Waals surface area contributed by atoms with E-state index in [4.69, 9.17) is 4.74 Å². The van der Waals surface area contributed by atoms with Crippen molar-refractivity contribution in [1.29, 1.82) is 0 Å². The Bertz CT molecular complexity index is 450. The van der Waals surface area contributed by atoms with E-state index in [0.29, 0.717) is 17.7 Å². The average molecular weight is 293 g/mol. The SMILES string of the molecule is COC(=O)c1ccc(CNCC(C(C)C)N2CCCC2)[nH]1. The van der Waals surface area contributed by atoms with Crippen LogP contribution in [0, 0.1) is 5.92 Å². The second kappa shape index (κ2) is 7.61. The number of carbonyl (C=O) groups is 1. The van der Waals surface area contributed by atoms with E-state index in [2.05, 4.69) is 29.0 Å². The highest BCUT2D eigenvalue weighted by Crippen LogP contribution is 2.17. The van der Waals surface area contributed by atoms with Crippen molar-refractivity contribution in [2.24, 2.45) is 5.92 Å². The van der Waals surface area contributed by atoms with Crippen molar-refractivity contribution in [2.45, 2.75) is 39.3 Å². The minimum atomic E-state index is -0.321. The van der Waals surface area contributed by atoms with Crippen molar-refractivity contribution in [3.63, 3.8) is 0 Å². The third-order valence-corrected chi connectivity index (χ3v) is 4.20. The first-order chi connectivity index (χ1) is 10.1. The molecule has 2 rings (SSSR count). The second-order valence-electron chi connectivity index (χ2n) is 6.07. The Morgan fingerprint density at radius 2 is 2.10 bits per heavy atom. The number of methoxy groups -OCH3 is 1. The Labute approximate surface area is 127 Å². The van der Waals surface area contributed by atoms with Crippen LogP contribution in [-0.2, 0) is 11.3 Å². The van der Waals surface area contributed by atoms with Gasteiger partial charge in [0.1, 0.15) is 5.69 Å². The highest BCUT2D eigenvalue weighted by molar-refractivity contribution is 5.87. The predicted molar refractivity (Wildman–Crippen MR) is 83.3 cm³/mol. The fourth-order valence-electron chi connectivity index (χ4n) is 2.99. The maximum Gasteiger partial charge on any atom is 0.354 e. The number of ether oxygens (including phenoxy) is 1. The summed E-state index contributed by atoms with van der Waals surface area (Å²) in [4.78, 5) is 17.1. The molecule has 0 spiro atoms. The van der Waals surface area contributed by atoms with Gasteiger partial charge in [0.05, 0.1) is 7.11 Å². The number of hydrogen-bond donors (Lipinski definition) is 2. The molecule has 21 heavy (non-hydrogen) atoms. The molecule has 1 atom stereocenters. The van der Waals surface area contributed by atoms with Gasteiger partial charge in [-0.1, -0.05) is 13.8 Å². The zero-order valence-electron chi connectivity index (χ0n) is 13.3. The third kappa shape index (κ3) is 4.32. The number of hydrogen-bond acceptors (Lipinski definition) is 4. The highest BCUT2D eigenvalue weighted by Gasteiger charge is 2.24. The van der Waals surface area contributed by atoms with Gasteiger partial charge in [0.2, 0.25) is 0 Å². The van der Waals surface area contributed by atoms with Crippen LogP contribution in [0.2, 0.25) is 0 Å². The maximum atomic E-state index is 11.4. The summed E-state index contributed by atoms with van der Waals surface area (Å²) in [6.45, 7) is 8.74. The molecule has 2 heterocycles. The topological polar surface area (TPSA) is 57.4 Å². The molecule has 118 valence electrons. The molecule has 0 radical (unpaired) electrons. The minimum Gasteiger partial charge on any atom is -0.464 e. The lowest BCUT2D eigenvalue weighted by Crippen LogP contribution is -2.44. The van der Waals surface area contributed by atoms with Crippen LogP contribution in [0.3, 0.4) is 0 Å². The first-order valence-corrected chi connectivity index (χ1v) is 7.82. The normalized spacial score (nSPS) is 17.3. The molecule has 5 heteroatoms. The van der Waals surface area contributed by atoms with Crippen molar-refractivity contribution >= 4 is 5.97 Å². The van der Waals surface area contributed by atoms with Gasteiger partial charge < -0.3 is 15.0 Å². The lowest BCUT2D eigenvalue weighted by molar-refractivity contribution is 0.0594. The average Bonchev–Trinajstić information content (AvgIpc) is 3.13. The molecule has 1 unspecified atom stereocenters. The third-order valence-electron chi connectivity index (χ3n) is 4.20. The minimum absolute atomic E-state index is 0.321. The van der Waals surface area contributed by atoms with E-state index in [1.165, 1.54) is 33.0 Å². The standard InChI is InChI=1S/C16H27N3O2/c1-12(2)15(19-8-4-5-9-19)11-17-10-13-6-7-14(18-13)16(20)21-3/h6-7,12,15,17-18H,4-5,8-11H2,1-3H3. The van der Waals surface area contributed by atoms with E-state index in [1.807, 2.05) is 6.07 Å². The summed E-state index contributed by atoms with van der Waals surface area (Å²) in [5.74, 6) is 0.322. The number of esters is 1. The van der Waals surface area contributed by atoms with Gasteiger partial charge in [0.15, 0.2) is 0 Å². The number of aromatic amines is 1. The molecule has 5 nitrogen and oxygen atoms in total. The molecular formula is C16H27N3O2. The Kier molecular flexibility index (Phi) is 5.82. The second-order valence-corrected chi connectivity index (χ2v) is 6.07. The van der Waals surface area contributed by atoms with Gasteiger partial charge in [-0.05, 0) is 44.0 Å². The van der Waals surface area contributed by atoms with Gasteiger partial charge in [-0.25, -0.2) is 4.79 Å². The molecule has 1 aromatic rings. The van der Waals surface area contributed by atoms with Gasteiger partial charge in [0, 0.05) is 24.8 Å². The van der Waals surface area contributed by atoms with E-state index < -0.39 is 0 Å². The molecule has 1 saturated heterocycles. The molecular weight excluding hydrogens is 266 g/mol. The van der Waals surface area contributed by atoms with Gasteiger partial charge in [-0.2, -0.15) is 0 Å². The van der Waals surface area contributed by atoms with Crippen molar-refractivity contribution in [3.05, 3.63) is 23.5 Å². The maximum absolute atomic E-state index is 11.4. The Balaban J connectivity index is 1.81. The molecule has 0 bridgehead atoms. The van der Waals surface area contributed by atoms with E-state index in [1.54, 1.807) is 6.07 Å². The fraction of sp³-hybridized carbons (Fsp3) is 0.688. The van der Waals surface area contributed by atoms with Crippen molar-refractivity contribution in [3.8, 4) is 0 Å². The van der Waals surface area contributed by atoms with Crippen LogP contribution < -0.4 is 5.32 Å². The van der Waals surface area contributed by atoms with Crippen LogP contribution in [0.5, 0.6) is 0 Å². The summed E-state index contributed by atoms with van der Waals surface area (Å²) in [6.07, 6.45) is 2.64. The fourth-order valence-corrected chi connectivity index (χ4v) is 2.99. The molecule has 0 aromatic carbocycles. The van der Waals surface area contributed by atoms with Crippen LogP contribution in [0.4, 0.5) is 0 Å². The number of likely N-dealkylation sites (tertiary alicyclic amines) is 1. The number of rotatable bonds is 7. The molecule has 2 N–H and O–H groups in total. The monoisotopic (exact) mass is 293 g/mol. The van der Waals surface area contributed by atoms with Gasteiger partial charge in [0.25, 0.3) is 0 Å².